The van der Waals surface area contributed by atoms with Crippen LogP contribution in [0, 0.1) is 6.92 Å². The van der Waals surface area contributed by atoms with Crippen LogP contribution >= 0.6 is 11.8 Å². The standard InChI is InChI=1S/C22H27NO2S/c1-13(2)25-19(24)12-16-11-15(5)20-17-9-7-8-10-18(17)23(6)21(20)22(16)26-14(3)4/h7-11,13-14H,12H2,1-6H3. The minimum atomic E-state index is -0.164. The van der Waals surface area contributed by atoms with Crippen molar-refractivity contribution in [2.45, 2.75) is 57.3 Å². The number of aryl methyl sites for hydroxylation is 2. The molecule has 4 heteroatoms. The summed E-state index contributed by atoms with van der Waals surface area (Å²) in [6.45, 7) is 10.3. The van der Waals surface area contributed by atoms with E-state index >= 15 is 0 Å². The van der Waals surface area contributed by atoms with Crippen molar-refractivity contribution >= 4 is 39.5 Å². The van der Waals surface area contributed by atoms with E-state index < -0.39 is 0 Å². The predicted octanol–water partition coefficient (Wildman–Crippen LogP) is 5.63. The normalized spacial score (nSPS) is 11.8. The summed E-state index contributed by atoms with van der Waals surface area (Å²) < 4.78 is 7.66. The van der Waals surface area contributed by atoms with Gasteiger partial charge in [0.25, 0.3) is 0 Å². The summed E-state index contributed by atoms with van der Waals surface area (Å²) in [4.78, 5) is 13.5. The van der Waals surface area contributed by atoms with Crippen LogP contribution in [0.4, 0.5) is 0 Å². The molecule has 0 fully saturated rings. The van der Waals surface area contributed by atoms with Crippen molar-refractivity contribution in [2.24, 2.45) is 7.05 Å². The second-order valence-electron chi connectivity index (χ2n) is 7.36. The fourth-order valence-corrected chi connectivity index (χ4v) is 4.67. The van der Waals surface area contributed by atoms with Crippen LogP contribution in [0.1, 0.15) is 38.8 Å². The number of thioether (sulfide) groups is 1. The van der Waals surface area contributed by atoms with E-state index in [1.54, 1.807) is 0 Å². The van der Waals surface area contributed by atoms with Crippen molar-refractivity contribution in [3.8, 4) is 0 Å². The van der Waals surface area contributed by atoms with Gasteiger partial charge in [0.05, 0.1) is 18.0 Å². The maximum atomic E-state index is 12.3. The first-order valence-corrected chi connectivity index (χ1v) is 10.0. The number of benzene rings is 2. The summed E-state index contributed by atoms with van der Waals surface area (Å²) in [5.74, 6) is -0.164. The Kier molecular flexibility index (Phi) is 5.33. The number of nitrogens with zero attached hydrogens (tertiary/aromatic N) is 1. The van der Waals surface area contributed by atoms with Gasteiger partial charge in [-0.25, -0.2) is 0 Å². The summed E-state index contributed by atoms with van der Waals surface area (Å²) in [7, 11) is 2.12. The zero-order valence-corrected chi connectivity index (χ0v) is 17.2. The minimum absolute atomic E-state index is 0.0915. The molecule has 0 aliphatic rings. The highest BCUT2D eigenvalue weighted by Crippen LogP contribution is 2.40. The third kappa shape index (κ3) is 3.48. The lowest BCUT2D eigenvalue weighted by atomic mass is 10.0. The molecule has 0 unspecified atom stereocenters. The molecule has 0 bridgehead atoms. The average Bonchev–Trinajstić information content (AvgIpc) is 2.84. The number of fused-ring (bicyclic) bond motifs is 3. The van der Waals surface area contributed by atoms with E-state index in [9.17, 15) is 4.79 Å². The number of carbonyl (C=O) groups excluding carboxylic acids is 1. The van der Waals surface area contributed by atoms with Gasteiger partial charge in [-0.15, -0.1) is 11.8 Å². The predicted molar refractivity (Wildman–Crippen MR) is 111 cm³/mol. The minimum Gasteiger partial charge on any atom is -0.463 e. The van der Waals surface area contributed by atoms with Crippen LogP contribution in [0.15, 0.2) is 35.2 Å². The third-order valence-corrected chi connectivity index (χ3v) is 5.62. The van der Waals surface area contributed by atoms with Gasteiger partial charge in [-0.3, -0.25) is 4.79 Å². The molecular formula is C22H27NO2S. The molecule has 0 saturated carbocycles. The van der Waals surface area contributed by atoms with E-state index in [1.165, 1.54) is 32.3 Å². The van der Waals surface area contributed by atoms with Crippen LogP contribution in [0.2, 0.25) is 0 Å². The summed E-state index contributed by atoms with van der Waals surface area (Å²) in [6.07, 6.45) is 0.220. The van der Waals surface area contributed by atoms with Gasteiger partial charge in [-0.05, 0) is 38.0 Å². The molecule has 1 heterocycles. The maximum Gasteiger partial charge on any atom is 0.310 e. The Morgan fingerprint density at radius 1 is 1.19 bits per heavy atom. The Morgan fingerprint density at radius 3 is 2.54 bits per heavy atom. The summed E-state index contributed by atoms with van der Waals surface area (Å²) in [5, 5.41) is 2.98. The first-order chi connectivity index (χ1) is 12.3. The highest BCUT2D eigenvalue weighted by atomic mass is 32.2. The summed E-state index contributed by atoms with van der Waals surface area (Å²) in [5.41, 5.74) is 4.71. The molecular weight excluding hydrogens is 342 g/mol. The number of hydrogen-bond donors (Lipinski definition) is 0. The van der Waals surface area contributed by atoms with Crippen LogP contribution in [0.3, 0.4) is 0 Å². The van der Waals surface area contributed by atoms with Crippen LogP contribution in [-0.4, -0.2) is 21.9 Å². The lowest BCUT2D eigenvalue weighted by Gasteiger charge is -2.16. The fraction of sp³-hybridized carbons (Fsp3) is 0.409. The largest absolute Gasteiger partial charge is 0.463 e. The van der Waals surface area contributed by atoms with Crippen LogP contribution < -0.4 is 0 Å². The molecule has 0 amide bonds. The molecule has 0 aliphatic heterocycles. The first kappa shape index (κ1) is 18.8. The Morgan fingerprint density at radius 2 is 1.88 bits per heavy atom. The maximum absolute atomic E-state index is 12.3. The van der Waals surface area contributed by atoms with E-state index in [1.807, 2.05) is 25.6 Å². The zero-order valence-electron chi connectivity index (χ0n) is 16.4. The van der Waals surface area contributed by atoms with Gasteiger partial charge < -0.3 is 9.30 Å². The number of ether oxygens (including phenoxy) is 1. The molecule has 0 aliphatic carbocycles. The lowest BCUT2D eigenvalue weighted by Crippen LogP contribution is -2.14. The molecule has 1 aromatic heterocycles. The van der Waals surface area contributed by atoms with Crippen molar-refractivity contribution in [3.63, 3.8) is 0 Å². The monoisotopic (exact) mass is 369 g/mol. The fourth-order valence-electron chi connectivity index (χ4n) is 3.57. The number of esters is 1. The number of aromatic nitrogens is 1. The van der Waals surface area contributed by atoms with Crippen LogP contribution in [-0.2, 0) is 23.0 Å². The number of para-hydroxylation sites is 1. The lowest BCUT2D eigenvalue weighted by molar-refractivity contribution is -0.146. The van der Waals surface area contributed by atoms with E-state index in [4.69, 9.17) is 4.74 Å². The Labute approximate surface area is 159 Å². The first-order valence-electron chi connectivity index (χ1n) is 9.15. The van der Waals surface area contributed by atoms with E-state index in [-0.39, 0.29) is 12.1 Å². The van der Waals surface area contributed by atoms with Gasteiger partial charge in [0.1, 0.15) is 0 Å². The van der Waals surface area contributed by atoms with Gasteiger partial charge in [0.15, 0.2) is 0 Å². The van der Waals surface area contributed by atoms with Crippen molar-refractivity contribution in [2.75, 3.05) is 0 Å². The highest BCUT2D eigenvalue weighted by Gasteiger charge is 2.20. The highest BCUT2D eigenvalue weighted by molar-refractivity contribution is 8.00. The van der Waals surface area contributed by atoms with Crippen molar-refractivity contribution in [3.05, 3.63) is 41.5 Å². The third-order valence-electron chi connectivity index (χ3n) is 4.45. The second-order valence-corrected chi connectivity index (χ2v) is 8.95. The molecule has 3 rings (SSSR count). The smallest absolute Gasteiger partial charge is 0.310 e. The van der Waals surface area contributed by atoms with Gasteiger partial charge in [0.2, 0.25) is 0 Å². The molecule has 138 valence electrons. The van der Waals surface area contributed by atoms with Gasteiger partial charge >= 0.3 is 5.97 Å². The molecule has 0 atom stereocenters. The molecule has 2 aromatic carbocycles. The Bertz CT molecular complexity index is 969. The molecule has 26 heavy (non-hydrogen) atoms. The summed E-state index contributed by atoms with van der Waals surface area (Å²) in [6, 6.07) is 10.7. The molecule has 0 radical (unpaired) electrons. The molecule has 3 aromatic rings. The van der Waals surface area contributed by atoms with Gasteiger partial charge in [-0.2, -0.15) is 0 Å². The Balaban J connectivity index is 2.26. The quantitative estimate of drug-likeness (QED) is 0.431. The second kappa shape index (κ2) is 7.36. The molecule has 0 N–H and O–H groups in total. The zero-order chi connectivity index (χ0) is 19.0. The molecule has 0 spiro atoms. The van der Waals surface area contributed by atoms with E-state index in [0.717, 1.165) is 5.56 Å². The SMILES string of the molecule is Cc1cc(CC(=O)OC(C)C)c(SC(C)C)c2c1c1ccccc1n2C. The summed E-state index contributed by atoms with van der Waals surface area (Å²) >= 11 is 1.82. The topological polar surface area (TPSA) is 31.2 Å². The molecule has 0 saturated heterocycles. The average molecular weight is 370 g/mol. The number of rotatable bonds is 5. The van der Waals surface area contributed by atoms with Gasteiger partial charge in [0, 0.05) is 33.5 Å². The van der Waals surface area contributed by atoms with Crippen LogP contribution in [0.5, 0.6) is 0 Å². The van der Waals surface area contributed by atoms with Crippen molar-refractivity contribution in [1.82, 2.24) is 4.57 Å². The van der Waals surface area contributed by atoms with Crippen LogP contribution in [0.25, 0.3) is 21.8 Å². The van der Waals surface area contributed by atoms with E-state index in [2.05, 4.69) is 62.7 Å². The van der Waals surface area contributed by atoms with Crippen molar-refractivity contribution in [1.29, 1.82) is 0 Å². The number of hydrogen-bond acceptors (Lipinski definition) is 3. The molecule has 3 nitrogen and oxygen atoms in total. The van der Waals surface area contributed by atoms with Crippen molar-refractivity contribution < 1.29 is 9.53 Å². The Hall–Kier alpha value is -1.94. The van der Waals surface area contributed by atoms with E-state index in [0.29, 0.717) is 11.7 Å². The number of carbonyl (C=O) groups is 1. The van der Waals surface area contributed by atoms with Gasteiger partial charge in [-0.1, -0.05) is 38.1 Å².